The van der Waals surface area contributed by atoms with Crippen molar-refractivity contribution >= 4 is 17.7 Å². The second-order valence-electron chi connectivity index (χ2n) is 7.88. The van der Waals surface area contributed by atoms with Crippen molar-refractivity contribution in [3.63, 3.8) is 0 Å². The first-order valence-electron chi connectivity index (χ1n) is 10.6. The van der Waals surface area contributed by atoms with Gasteiger partial charge in [0.2, 0.25) is 5.91 Å². The standard InChI is InChI=1S/C22H27N5O3/c28-20(22(30)26-12-4-11-25(13-14-26)21(29)18-7-8-18)23-10-9-17-15-24-27(16-17)19-5-2-1-3-6-19/h1-3,5-6,15-16,18H,4,7-14H2,(H,23,28). The molecule has 2 fully saturated rings. The zero-order valence-electron chi connectivity index (χ0n) is 17.0. The molecule has 1 aromatic carbocycles. The highest BCUT2D eigenvalue weighted by molar-refractivity contribution is 6.35. The Bertz CT molecular complexity index is 907. The van der Waals surface area contributed by atoms with Crippen LogP contribution in [0.2, 0.25) is 0 Å². The number of nitrogens with one attached hydrogen (secondary N) is 1. The Hall–Kier alpha value is -3.16. The predicted octanol–water partition coefficient (Wildman–Crippen LogP) is 1.00. The maximum absolute atomic E-state index is 12.5. The van der Waals surface area contributed by atoms with Crippen molar-refractivity contribution < 1.29 is 14.4 Å². The number of carbonyl (C=O) groups is 3. The number of hydrogen-bond donors (Lipinski definition) is 1. The summed E-state index contributed by atoms with van der Waals surface area (Å²) in [5, 5.41) is 7.05. The van der Waals surface area contributed by atoms with Crippen molar-refractivity contribution in [3.8, 4) is 5.69 Å². The second-order valence-corrected chi connectivity index (χ2v) is 7.88. The van der Waals surface area contributed by atoms with Crippen LogP contribution in [0.1, 0.15) is 24.8 Å². The van der Waals surface area contributed by atoms with Gasteiger partial charge in [0.1, 0.15) is 0 Å². The maximum Gasteiger partial charge on any atom is 0.311 e. The molecule has 8 heteroatoms. The lowest BCUT2D eigenvalue weighted by Gasteiger charge is -2.21. The molecule has 0 atom stereocenters. The van der Waals surface area contributed by atoms with Gasteiger partial charge in [0.05, 0.1) is 11.9 Å². The molecule has 1 saturated carbocycles. The van der Waals surface area contributed by atoms with E-state index in [4.69, 9.17) is 0 Å². The van der Waals surface area contributed by atoms with E-state index in [1.807, 2.05) is 41.4 Å². The molecule has 2 heterocycles. The number of carbonyl (C=O) groups excluding carboxylic acids is 3. The number of rotatable bonds is 5. The van der Waals surface area contributed by atoms with Crippen LogP contribution in [0.5, 0.6) is 0 Å². The van der Waals surface area contributed by atoms with Crippen LogP contribution < -0.4 is 5.32 Å². The number of para-hydroxylation sites is 1. The minimum Gasteiger partial charge on any atom is -0.347 e. The van der Waals surface area contributed by atoms with Crippen molar-refractivity contribution in [1.29, 1.82) is 0 Å². The fourth-order valence-electron chi connectivity index (χ4n) is 3.68. The summed E-state index contributed by atoms with van der Waals surface area (Å²) in [4.78, 5) is 40.4. The Balaban J connectivity index is 1.22. The third-order valence-electron chi connectivity index (χ3n) is 5.57. The van der Waals surface area contributed by atoms with Crippen LogP contribution >= 0.6 is 0 Å². The second kappa shape index (κ2) is 9.11. The average molecular weight is 409 g/mol. The number of benzene rings is 1. The van der Waals surface area contributed by atoms with Crippen molar-refractivity contribution in [2.75, 3.05) is 32.7 Å². The van der Waals surface area contributed by atoms with E-state index >= 15 is 0 Å². The number of nitrogens with zero attached hydrogens (tertiary/aromatic N) is 4. The first kappa shape index (κ1) is 20.1. The fraction of sp³-hybridized carbons (Fsp3) is 0.455. The highest BCUT2D eigenvalue weighted by Gasteiger charge is 2.34. The van der Waals surface area contributed by atoms with Crippen molar-refractivity contribution in [2.45, 2.75) is 25.7 Å². The molecule has 0 unspecified atom stereocenters. The van der Waals surface area contributed by atoms with Gasteiger partial charge >= 0.3 is 11.8 Å². The van der Waals surface area contributed by atoms with Crippen LogP contribution in [0.3, 0.4) is 0 Å². The highest BCUT2D eigenvalue weighted by Crippen LogP contribution is 2.31. The Labute approximate surface area is 175 Å². The molecule has 0 bridgehead atoms. The molecule has 2 aromatic rings. The minimum atomic E-state index is -0.590. The predicted molar refractivity (Wildman–Crippen MR) is 111 cm³/mol. The lowest BCUT2D eigenvalue weighted by Crippen LogP contribution is -2.45. The number of aromatic nitrogens is 2. The van der Waals surface area contributed by atoms with Gasteiger partial charge in [-0.1, -0.05) is 18.2 Å². The molecule has 158 valence electrons. The van der Waals surface area contributed by atoms with Gasteiger partial charge in [-0.2, -0.15) is 5.10 Å². The first-order valence-corrected chi connectivity index (χ1v) is 10.6. The summed E-state index contributed by atoms with van der Waals surface area (Å²) in [5.41, 5.74) is 1.95. The summed E-state index contributed by atoms with van der Waals surface area (Å²) >= 11 is 0. The fourth-order valence-corrected chi connectivity index (χ4v) is 3.68. The van der Waals surface area contributed by atoms with Crippen LogP contribution in [0.15, 0.2) is 42.7 Å². The largest absolute Gasteiger partial charge is 0.347 e. The lowest BCUT2D eigenvalue weighted by molar-refractivity contribution is -0.145. The van der Waals surface area contributed by atoms with Crippen LogP contribution in [-0.4, -0.2) is 70.0 Å². The molecule has 8 nitrogen and oxygen atoms in total. The molecule has 3 amide bonds. The van der Waals surface area contributed by atoms with Gasteiger partial charge in [-0.05, 0) is 43.4 Å². The third kappa shape index (κ3) is 4.87. The van der Waals surface area contributed by atoms with Gasteiger partial charge in [-0.15, -0.1) is 0 Å². The van der Waals surface area contributed by atoms with Crippen LogP contribution in [-0.2, 0) is 20.8 Å². The number of hydrogen-bond acceptors (Lipinski definition) is 4. The summed E-state index contributed by atoms with van der Waals surface area (Å²) in [5.74, 6) is -0.727. The molecule has 1 aliphatic carbocycles. The first-order chi connectivity index (χ1) is 14.6. The molecule has 30 heavy (non-hydrogen) atoms. The monoisotopic (exact) mass is 409 g/mol. The van der Waals surface area contributed by atoms with E-state index in [9.17, 15) is 14.4 Å². The van der Waals surface area contributed by atoms with Crippen molar-refractivity contribution in [2.24, 2.45) is 5.92 Å². The Morgan fingerprint density at radius 2 is 1.73 bits per heavy atom. The topological polar surface area (TPSA) is 87.5 Å². The van der Waals surface area contributed by atoms with E-state index in [0.29, 0.717) is 45.6 Å². The van der Waals surface area contributed by atoms with Gasteiger partial charge in [-0.25, -0.2) is 4.68 Å². The van der Waals surface area contributed by atoms with Gasteiger partial charge in [0.25, 0.3) is 0 Å². The summed E-state index contributed by atoms with van der Waals surface area (Å²) in [7, 11) is 0. The van der Waals surface area contributed by atoms with Crippen LogP contribution in [0.4, 0.5) is 0 Å². The zero-order chi connectivity index (χ0) is 20.9. The highest BCUT2D eigenvalue weighted by atomic mass is 16.2. The lowest BCUT2D eigenvalue weighted by atomic mass is 10.2. The SMILES string of the molecule is O=C(NCCc1cnn(-c2ccccc2)c1)C(=O)N1CCCN(C(=O)C2CC2)CC1. The van der Waals surface area contributed by atoms with Crippen LogP contribution in [0.25, 0.3) is 5.69 Å². The third-order valence-corrected chi connectivity index (χ3v) is 5.57. The van der Waals surface area contributed by atoms with E-state index in [0.717, 1.165) is 24.1 Å². The smallest absolute Gasteiger partial charge is 0.311 e. The molecule has 0 radical (unpaired) electrons. The van der Waals surface area contributed by atoms with E-state index in [-0.39, 0.29) is 11.8 Å². The molecule has 2 aliphatic rings. The molecule has 1 N–H and O–H groups in total. The van der Waals surface area contributed by atoms with Gasteiger partial charge in [-0.3, -0.25) is 14.4 Å². The molecular formula is C22H27N5O3. The van der Waals surface area contributed by atoms with Gasteiger partial charge < -0.3 is 15.1 Å². The molecule has 1 aliphatic heterocycles. The zero-order valence-corrected chi connectivity index (χ0v) is 17.0. The molecular weight excluding hydrogens is 382 g/mol. The van der Waals surface area contributed by atoms with Crippen LogP contribution in [0, 0.1) is 5.92 Å². The minimum absolute atomic E-state index is 0.182. The Morgan fingerprint density at radius 1 is 1.00 bits per heavy atom. The normalized spacial score (nSPS) is 16.8. The average Bonchev–Trinajstić information content (AvgIpc) is 3.56. The van der Waals surface area contributed by atoms with Gasteiger partial charge in [0.15, 0.2) is 0 Å². The van der Waals surface area contributed by atoms with E-state index < -0.39 is 11.8 Å². The Kier molecular flexibility index (Phi) is 6.11. The van der Waals surface area contributed by atoms with E-state index in [1.54, 1.807) is 15.8 Å². The number of amides is 3. The van der Waals surface area contributed by atoms with Gasteiger partial charge in [0, 0.05) is 44.8 Å². The van der Waals surface area contributed by atoms with Crippen molar-refractivity contribution in [3.05, 3.63) is 48.3 Å². The molecule has 1 saturated heterocycles. The Morgan fingerprint density at radius 3 is 2.50 bits per heavy atom. The summed E-state index contributed by atoms with van der Waals surface area (Å²) in [6.45, 7) is 2.45. The summed E-state index contributed by atoms with van der Waals surface area (Å²) < 4.78 is 1.79. The van der Waals surface area contributed by atoms with E-state index in [1.165, 1.54) is 0 Å². The quantitative estimate of drug-likeness (QED) is 0.747. The molecule has 0 spiro atoms. The molecule has 4 rings (SSSR count). The summed E-state index contributed by atoms with van der Waals surface area (Å²) in [6, 6.07) is 9.79. The summed E-state index contributed by atoms with van der Waals surface area (Å²) in [6.07, 6.45) is 6.94. The molecule has 1 aromatic heterocycles. The maximum atomic E-state index is 12.5. The van der Waals surface area contributed by atoms with E-state index in [2.05, 4.69) is 10.4 Å². The van der Waals surface area contributed by atoms with Crippen molar-refractivity contribution in [1.82, 2.24) is 24.9 Å².